The topological polar surface area (TPSA) is 38.5 Å². The Kier molecular flexibility index (Phi) is 5.06. The maximum absolute atomic E-state index is 6.67. The number of nitrogens with two attached hydrogens (primary N) is 1. The van der Waals surface area contributed by atoms with Gasteiger partial charge in [-0.1, -0.05) is 25.0 Å². The number of rotatable bonds is 4. The van der Waals surface area contributed by atoms with E-state index in [1.54, 1.807) is 7.11 Å². The van der Waals surface area contributed by atoms with Gasteiger partial charge in [0.25, 0.3) is 0 Å². The van der Waals surface area contributed by atoms with E-state index in [1.165, 1.54) is 44.3 Å². The molecule has 2 N–H and O–H groups in total. The van der Waals surface area contributed by atoms with Crippen molar-refractivity contribution < 1.29 is 4.74 Å². The van der Waals surface area contributed by atoms with Crippen molar-refractivity contribution in [2.24, 2.45) is 5.73 Å². The lowest BCUT2D eigenvalue weighted by atomic mass is 9.85. The minimum absolute atomic E-state index is 0.337. The Morgan fingerprint density at radius 1 is 1.10 bits per heavy atom. The largest absolute Gasteiger partial charge is 0.497 e. The van der Waals surface area contributed by atoms with Crippen molar-refractivity contribution in [1.82, 2.24) is 4.90 Å². The van der Waals surface area contributed by atoms with E-state index in [1.807, 2.05) is 12.1 Å². The van der Waals surface area contributed by atoms with E-state index in [2.05, 4.69) is 30.9 Å². The van der Waals surface area contributed by atoms with Gasteiger partial charge in [-0.25, -0.2) is 0 Å². The van der Waals surface area contributed by atoms with Gasteiger partial charge in [0.2, 0.25) is 0 Å². The van der Waals surface area contributed by atoms with Gasteiger partial charge in [-0.05, 0) is 57.5 Å². The Bertz CT molecular complexity index is 406. The fraction of sp³-hybridized carbons (Fsp3) is 0.647. The third-order valence-corrected chi connectivity index (χ3v) is 4.77. The molecule has 1 aliphatic heterocycles. The molecule has 1 fully saturated rings. The fourth-order valence-corrected chi connectivity index (χ4v) is 3.05. The zero-order valence-corrected chi connectivity index (χ0v) is 13.1. The van der Waals surface area contributed by atoms with Crippen molar-refractivity contribution in [2.75, 3.05) is 20.2 Å². The highest BCUT2D eigenvalue weighted by molar-refractivity contribution is 5.32. The highest BCUT2D eigenvalue weighted by Gasteiger charge is 2.33. The van der Waals surface area contributed by atoms with Crippen LogP contribution in [0.15, 0.2) is 24.3 Å². The van der Waals surface area contributed by atoms with Gasteiger partial charge in [-0.15, -0.1) is 0 Å². The molecular formula is C17H28N2O. The second-order valence-electron chi connectivity index (χ2n) is 6.14. The third-order valence-electron chi connectivity index (χ3n) is 4.77. The lowest BCUT2D eigenvalue weighted by Gasteiger charge is -2.40. The van der Waals surface area contributed by atoms with Crippen molar-refractivity contribution in [2.45, 2.75) is 51.1 Å². The predicted molar refractivity (Wildman–Crippen MR) is 84.0 cm³/mol. The Morgan fingerprint density at radius 2 is 1.65 bits per heavy atom. The van der Waals surface area contributed by atoms with E-state index in [9.17, 15) is 0 Å². The van der Waals surface area contributed by atoms with Crippen LogP contribution in [0.4, 0.5) is 0 Å². The van der Waals surface area contributed by atoms with Gasteiger partial charge in [0.15, 0.2) is 0 Å². The lowest BCUT2D eigenvalue weighted by Crippen LogP contribution is -2.53. The van der Waals surface area contributed by atoms with Gasteiger partial charge in [0.1, 0.15) is 5.75 Å². The SMILES string of the molecule is COc1ccc(C(C)(N)C(C)N2CCCCCC2)cc1. The van der Waals surface area contributed by atoms with Gasteiger partial charge in [-0.2, -0.15) is 0 Å². The molecule has 2 rings (SSSR count). The second kappa shape index (κ2) is 6.59. The van der Waals surface area contributed by atoms with Crippen molar-refractivity contribution in [3.05, 3.63) is 29.8 Å². The third kappa shape index (κ3) is 3.33. The standard InChI is InChI=1S/C17H28N2O/c1-14(19-12-6-4-5-7-13-19)17(2,18)15-8-10-16(20-3)11-9-15/h8-11,14H,4-7,12-13,18H2,1-3H3. The van der Waals surface area contributed by atoms with Crippen LogP contribution in [0, 0.1) is 0 Å². The second-order valence-corrected chi connectivity index (χ2v) is 6.14. The molecule has 0 bridgehead atoms. The van der Waals surface area contributed by atoms with Crippen molar-refractivity contribution in [3.63, 3.8) is 0 Å². The molecule has 1 aromatic carbocycles. The molecule has 1 heterocycles. The summed E-state index contributed by atoms with van der Waals surface area (Å²) < 4.78 is 5.22. The van der Waals surface area contributed by atoms with Gasteiger partial charge in [-0.3, -0.25) is 4.90 Å². The van der Waals surface area contributed by atoms with Crippen LogP contribution in [0.2, 0.25) is 0 Å². The molecule has 2 unspecified atom stereocenters. The summed E-state index contributed by atoms with van der Waals surface area (Å²) in [7, 11) is 1.69. The van der Waals surface area contributed by atoms with E-state index in [-0.39, 0.29) is 5.54 Å². The van der Waals surface area contributed by atoms with Crippen LogP contribution in [0.3, 0.4) is 0 Å². The number of hydrogen-bond acceptors (Lipinski definition) is 3. The normalized spacial score (nSPS) is 21.8. The van der Waals surface area contributed by atoms with Crippen molar-refractivity contribution in [1.29, 1.82) is 0 Å². The monoisotopic (exact) mass is 276 g/mol. The molecule has 0 saturated carbocycles. The van der Waals surface area contributed by atoms with Crippen LogP contribution < -0.4 is 10.5 Å². The number of ether oxygens (including phenoxy) is 1. The average molecular weight is 276 g/mol. The smallest absolute Gasteiger partial charge is 0.118 e. The van der Waals surface area contributed by atoms with E-state index in [0.717, 1.165) is 5.75 Å². The first-order chi connectivity index (χ1) is 9.55. The average Bonchev–Trinajstić information content (AvgIpc) is 2.75. The molecule has 0 spiro atoms. The summed E-state index contributed by atoms with van der Waals surface area (Å²) in [6.07, 6.45) is 5.30. The zero-order valence-electron chi connectivity index (χ0n) is 13.1. The highest BCUT2D eigenvalue weighted by atomic mass is 16.5. The Hall–Kier alpha value is -1.06. The van der Waals surface area contributed by atoms with E-state index in [0.29, 0.717) is 6.04 Å². The molecule has 1 aliphatic rings. The number of hydrogen-bond donors (Lipinski definition) is 1. The molecule has 3 nitrogen and oxygen atoms in total. The van der Waals surface area contributed by atoms with Gasteiger partial charge in [0, 0.05) is 6.04 Å². The first-order valence-corrected chi connectivity index (χ1v) is 7.73. The first kappa shape index (κ1) is 15.3. The summed E-state index contributed by atoms with van der Waals surface area (Å²) in [6.45, 7) is 6.74. The van der Waals surface area contributed by atoms with Crippen molar-refractivity contribution in [3.8, 4) is 5.75 Å². The molecule has 0 aromatic heterocycles. The fourth-order valence-electron chi connectivity index (χ4n) is 3.05. The van der Waals surface area contributed by atoms with Crippen LogP contribution in [0.5, 0.6) is 5.75 Å². The molecule has 112 valence electrons. The Morgan fingerprint density at radius 3 is 2.15 bits per heavy atom. The quantitative estimate of drug-likeness (QED) is 0.918. The number of benzene rings is 1. The Labute approximate surface area is 123 Å². The van der Waals surface area contributed by atoms with Gasteiger partial charge >= 0.3 is 0 Å². The Balaban J connectivity index is 2.13. The number of nitrogens with zero attached hydrogens (tertiary/aromatic N) is 1. The molecule has 0 aliphatic carbocycles. The molecule has 0 radical (unpaired) electrons. The van der Waals surface area contributed by atoms with Gasteiger partial charge < -0.3 is 10.5 Å². The summed E-state index contributed by atoms with van der Waals surface area (Å²) in [5.74, 6) is 0.881. The summed E-state index contributed by atoms with van der Waals surface area (Å²) in [5, 5.41) is 0. The van der Waals surface area contributed by atoms with E-state index >= 15 is 0 Å². The maximum Gasteiger partial charge on any atom is 0.118 e. The van der Waals surface area contributed by atoms with Crippen LogP contribution in [-0.4, -0.2) is 31.1 Å². The summed E-state index contributed by atoms with van der Waals surface area (Å²) in [6, 6.07) is 8.51. The zero-order chi connectivity index (χ0) is 14.6. The minimum Gasteiger partial charge on any atom is -0.497 e. The lowest BCUT2D eigenvalue weighted by molar-refractivity contribution is 0.145. The highest BCUT2D eigenvalue weighted by Crippen LogP contribution is 2.28. The van der Waals surface area contributed by atoms with Crippen LogP contribution in [0.25, 0.3) is 0 Å². The summed E-state index contributed by atoms with van der Waals surface area (Å²) in [4.78, 5) is 2.55. The molecule has 1 aromatic rings. The van der Waals surface area contributed by atoms with E-state index < -0.39 is 0 Å². The first-order valence-electron chi connectivity index (χ1n) is 7.73. The van der Waals surface area contributed by atoms with E-state index in [4.69, 9.17) is 10.5 Å². The molecule has 1 saturated heterocycles. The number of likely N-dealkylation sites (tertiary alicyclic amines) is 1. The van der Waals surface area contributed by atoms with Crippen LogP contribution in [0.1, 0.15) is 45.1 Å². The van der Waals surface area contributed by atoms with Crippen LogP contribution in [-0.2, 0) is 5.54 Å². The molecule has 3 heteroatoms. The minimum atomic E-state index is -0.337. The number of methoxy groups -OCH3 is 1. The van der Waals surface area contributed by atoms with Crippen LogP contribution >= 0.6 is 0 Å². The predicted octanol–water partition coefficient (Wildman–Crippen LogP) is 3.13. The molecule has 0 amide bonds. The van der Waals surface area contributed by atoms with Crippen molar-refractivity contribution >= 4 is 0 Å². The van der Waals surface area contributed by atoms with Gasteiger partial charge in [0.05, 0.1) is 12.6 Å². The maximum atomic E-state index is 6.67. The summed E-state index contributed by atoms with van der Waals surface area (Å²) in [5.41, 5.74) is 7.51. The molecule has 2 atom stereocenters. The molecule has 20 heavy (non-hydrogen) atoms. The molecular weight excluding hydrogens is 248 g/mol. The summed E-state index contributed by atoms with van der Waals surface area (Å²) >= 11 is 0.